The summed E-state index contributed by atoms with van der Waals surface area (Å²) in [7, 11) is 0. The van der Waals surface area contributed by atoms with E-state index in [1.54, 1.807) is 24.3 Å². The summed E-state index contributed by atoms with van der Waals surface area (Å²) in [5.74, 6) is 0.438. The van der Waals surface area contributed by atoms with Crippen molar-refractivity contribution < 1.29 is 4.39 Å². The molecule has 0 aromatic heterocycles. The van der Waals surface area contributed by atoms with Crippen LogP contribution >= 0.6 is 0 Å². The third-order valence-corrected chi connectivity index (χ3v) is 4.04. The van der Waals surface area contributed by atoms with Gasteiger partial charge in [0.05, 0.1) is 0 Å². The van der Waals surface area contributed by atoms with Crippen LogP contribution in [0, 0.1) is 24.1 Å². The van der Waals surface area contributed by atoms with Crippen molar-refractivity contribution in [1.29, 1.82) is 5.26 Å². The minimum Gasteiger partial charge on any atom is -0.390 e. The van der Waals surface area contributed by atoms with Gasteiger partial charge in [-0.25, -0.2) is 4.39 Å². The Balaban J connectivity index is 2.04. The van der Waals surface area contributed by atoms with Gasteiger partial charge in [0.15, 0.2) is 0 Å². The molecule has 0 radical (unpaired) electrons. The SMILES string of the molecule is Cc1ccc(NC(Nc2ccc(F)cc2)=c2ccc(=C(N)C#N)cc2)cc1. The number of halogens is 1. The second-order valence-corrected chi connectivity index (χ2v) is 6.10. The number of aryl methyl sites for hydroxylation is 1. The Kier molecular flexibility index (Phi) is 5.38. The van der Waals surface area contributed by atoms with E-state index in [4.69, 9.17) is 11.0 Å². The molecule has 0 aliphatic rings. The number of nitrogens with two attached hydrogens (primary N) is 1. The van der Waals surface area contributed by atoms with Gasteiger partial charge in [-0.2, -0.15) is 5.26 Å². The smallest absolute Gasteiger partial charge is 0.123 e. The molecule has 0 bridgehead atoms. The zero-order chi connectivity index (χ0) is 19.2. The van der Waals surface area contributed by atoms with Gasteiger partial charge in [-0.1, -0.05) is 42.0 Å². The summed E-state index contributed by atoms with van der Waals surface area (Å²) in [6.45, 7) is 2.03. The Morgan fingerprint density at radius 1 is 0.815 bits per heavy atom. The van der Waals surface area contributed by atoms with Crippen molar-refractivity contribution in [2.24, 2.45) is 5.73 Å². The predicted octanol–water partition coefficient (Wildman–Crippen LogP) is 3.01. The number of hydrogen-bond acceptors (Lipinski definition) is 4. The van der Waals surface area contributed by atoms with E-state index in [2.05, 4.69) is 10.6 Å². The molecule has 0 amide bonds. The van der Waals surface area contributed by atoms with E-state index in [1.807, 2.05) is 49.4 Å². The molecule has 0 heterocycles. The van der Waals surface area contributed by atoms with E-state index in [0.717, 1.165) is 22.4 Å². The molecule has 0 saturated carbocycles. The highest BCUT2D eigenvalue weighted by Crippen LogP contribution is 2.15. The summed E-state index contributed by atoms with van der Waals surface area (Å²) in [4.78, 5) is 0. The van der Waals surface area contributed by atoms with Gasteiger partial charge in [0.1, 0.15) is 23.4 Å². The molecule has 4 nitrogen and oxygen atoms in total. The molecule has 4 N–H and O–H groups in total. The van der Waals surface area contributed by atoms with Crippen molar-refractivity contribution in [3.05, 3.63) is 94.6 Å². The first-order chi connectivity index (χ1) is 13.0. The van der Waals surface area contributed by atoms with Crippen molar-refractivity contribution >= 4 is 22.9 Å². The minimum atomic E-state index is -0.291. The van der Waals surface area contributed by atoms with Crippen LogP contribution in [0.2, 0.25) is 0 Å². The number of hydrogen-bond donors (Lipinski definition) is 3. The van der Waals surface area contributed by atoms with E-state index >= 15 is 0 Å². The first kappa shape index (κ1) is 18.0. The van der Waals surface area contributed by atoms with E-state index in [1.165, 1.54) is 17.7 Å². The zero-order valence-corrected chi connectivity index (χ0v) is 14.8. The van der Waals surface area contributed by atoms with Crippen LogP contribution in [0.3, 0.4) is 0 Å². The maximum absolute atomic E-state index is 13.2. The third-order valence-electron chi connectivity index (χ3n) is 4.04. The van der Waals surface area contributed by atoms with Crippen molar-refractivity contribution in [1.82, 2.24) is 0 Å². The first-order valence-corrected chi connectivity index (χ1v) is 8.42. The second kappa shape index (κ2) is 8.07. The number of anilines is 2. The van der Waals surface area contributed by atoms with Gasteiger partial charge < -0.3 is 16.4 Å². The number of nitrogens with one attached hydrogen (secondary N) is 2. The summed E-state index contributed by atoms with van der Waals surface area (Å²) < 4.78 is 13.2. The number of rotatable bonds is 4. The summed E-state index contributed by atoms with van der Waals surface area (Å²) in [5.41, 5.74) is 8.68. The molecular formula is C22H19FN4. The van der Waals surface area contributed by atoms with Crippen molar-refractivity contribution in [2.45, 2.75) is 6.92 Å². The molecule has 0 spiro atoms. The van der Waals surface area contributed by atoms with Crippen LogP contribution < -0.4 is 26.8 Å². The summed E-state index contributed by atoms with van der Waals surface area (Å²) in [6, 6.07) is 23.4. The van der Waals surface area contributed by atoms with Crippen molar-refractivity contribution in [2.75, 3.05) is 10.6 Å². The van der Waals surface area contributed by atoms with Crippen molar-refractivity contribution in [3.63, 3.8) is 0 Å². The Hall–Kier alpha value is -3.78. The Bertz CT molecular complexity index is 1020. The molecule has 134 valence electrons. The molecule has 3 aromatic carbocycles. The van der Waals surface area contributed by atoms with Gasteiger partial charge >= 0.3 is 0 Å². The molecule has 0 saturated heterocycles. The van der Waals surface area contributed by atoms with Gasteiger partial charge in [0.25, 0.3) is 0 Å². The molecule has 5 heteroatoms. The quantitative estimate of drug-likeness (QED) is 0.670. The Morgan fingerprint density at radius 3 is 1.81 bits per heavy atom. The average Bonchev–Trinajstić information content (AvgIpc) is 2.70. The van der Waals surface area contributed by atoms with Crippen LogP contribution in [-0.2, 0) is 0 Å². The fraction of sp³-hybridized carbons (Fsp3) is 0.0455. The normalized spacial score (nSPS) is 9.96. The van der Waals surface area contributed by atoms with Crippen LogP contribution in [0.4, 0.5) is 15.8 Å². The van der Waals surface area contributed by atoms with E-state index in [9.17, 15) is 4.39 Å². The molecule has 0 aliphatic heterocycles. The standard InChI is InChI=1S/C22H19FN4/c1-15-2-10-19(11-3-15)26-22(27-20-12-8-18(23)9-13-20)17-6-4-16(5-7-17)21(25)14-24/h2-13,26-27H,25H2,1H3. The Morgan fingerprint density at radius 2 is 1.30 bits per heavy atom. The molecule has 27 heavy (non-hydrogen) atoms. The van der Waals surface area contributed by atoms with Gasteiger partial charge in [0.2, 0.25) is 0 Å². The molecule has 0 aliphatic carbocycles. The Labute approximate surface area is 157 Å². The highest BCUT2D eigenvalue weighted by molar-refractivity contribution is 5.74. The van der Waals surface area contributed by atoms with E-state index < -0.39 is 0 Å². The largest absolute Gasteiger partial charge is 0.390 e. The molecule has 3 aromatic rings. The summed E-state index contributed by atoms with van der Waals surface area (Å²) in [5, 5.41) is 17.1. The zero-order valence-electron chi connectivity index (χ0n) is 14.8. The van der Waals surface area contributed by atoms with Crippen LogP contribution in [0.1, 0.15) is 5.56 Å². The first-order valence-electron chi connectivity index (χ1n) is 8.42. The van der Waals surface area contributed by atoms with Crippen LogP contribution in [0.15, 0.2) is 72.8 Å². The lowest BCUT2D eigenvalue weighted by molar-refractivity contribution is 0.628. The van der Waals surface area contributed by atoms with Crippen molar-refractivity contribution in [3.8, 4) is 6.07 Å². The fourth-order valence-corrected chi connectivity index (χ4v) is 2.52. The third kappa shape index (κ3) is 4.65. The maximum atomic E-state index is 13.2. The summed E-state index contributed by atoms with van der Waals surface area (Å²) >= 11 is 0. The van der Waals surface area contributed by atoms with E-state index in [-0.39, 0.29) is 11.5 Å². The fourth-order valence-electron chi connectivity index (χ4n) is 2.52. The molecule has 0 fully saturated rings. The highest BCUT2D eigenvalue weighted by Gasteiger charge is 2.02. The van der Waals surface area contributed by atoms with Gasteiger partial charge in [-0.3, -0.25) is 0 Å². The molecule has 0 atom stereocenters. The van der Waals surface area contributed by atoms with Gasteiger partial charge in [-0.15, -0.1) is 0 Å². The number of benzene rings is 3. The lowest BCUT2D eigenvalue weighted by atomic mass is 10.2. The van der Waals surface area contributed by atoms with Crippen LogP contribution in [0.5, 0.6) is 0 Å². The lowest BCUT2D eigenvalue weighted by Gasteiger charge is -2.14. The lowest BCUT2D eigenvalue weighted by Crippen LogP contribution is -2.22. The average molecular weight is 358 g/mol. The second-order valence-electron chi connectivity index (χ2n) is 6.10. The van der Waals surface area contributed by atoms with Crippen LogP contribution in [0.25, 0.3) is 11.5 Å². The minimum absolute atomic E-state index is 0.168. The summed E-state index contributed by atoms with van der Waals surface area (Å²) in [6.07, 6.45) is 0. The highest BCUT2D eigenvalue weighted by atomic mass is 19.1. The predicted molar refractivity (Wildman–Crippen MR) is 107 cm³/mol. The monoisotopic (exact) mass is 358 g/mol. The maximum Gasteiger partial charge on any atom is 0.123 e. The van der Waals surface area contributed by atoms with E-state index in [0.29, 0.717) is 5.22 Å². The van der Waals surface area contributed by atoms with Gasteiger partial charge in [-0.05, 0) is 43.3 Å². The van der Waals surface area contributed by atoms with Gasteiger partial charge in [0, 0.05) is 21.8 Å². The van der Waals surface area contributed by atoms with Crippen LogP contribution in [-0.4, -0.2) is 0 Å². The number of nitrogens with zero attached hydrogens (tertiary/aromatic N) is 1. The topological polar surface area (TPSA) is 73.9 Å². The number of nitriles is 1. The molecule has 3 rings (SSSR count). The molecule has 0 unspecified atom stereocenters. The molecular weight excluding hydrogens is 339 g/mol.